The highest BCUT2D eigenvalue weighted by molar-refractivity contribution is 14.0. The summed E-state index contributed by atoms with van der Waals surface area (Å²) < 4.78 is 0. The lowest BCUT2D eigenvalue weighted by molar-refractivity contribution is -0.130. The highest BCUT2D eigenvalue weighted by Gasteiger charge is 2.20. The van der Waals surface area contributed by atoms with Gasteiger partial charge in [0.15, 0.2) is 5.96 Å². The number of halogens is 1. The fraction of sp³-hybridized carbons (Fsp3) is 0.600. The summed E-state index contributed by atoms with van der Waals surface area (Å²) in [6.07, 6.45) is 0. The van der Waals surface area contributed by atoms with E-state index >= 15 is 0 Å². The van der Waals surface area contributed by atoms with Gasteiger partial charge >= 0.3 is 0 Å². The molecule has 1 amide bonds. The van der Waals surface area contributed by atoms with Gasteiger partial charge < -0.3 is 20.0 Å². The van der Waals surface area contributed by atoms with Crippen LogP contribution in [-0.2, 0) is 17.9 Å². The summed E-state index contributed by atoms with van der Waals surface area (Å²) in [5.41, 5.74) is 2.55. The van der Waals surface area contributed by atoms with Gasteiger partial charge in [-0.25, -0.2) is 4.99 Å². The zero-order valence-electron chi connectivity index (χ0n) is 17.1. The van der Waals surface area contributed by atoms with Gasteiger partial charge in [0.1, 0.15) is 0 Å². The van der Waals surface area contributed by atoms with Gasteiger partial charge in [0.25, 0.3) is 0 Å². The summed E-state index contributed by atoms with van der Waals surface area (Å²) in [6.45, 7) is 12.6. The molecule has 1 N–H and O–H groups in total. The summed E-state index contributed by atoms with van der Waals surface area (Å²) in [6, 6.07) is 8.66. The first-order valence-corrected chi connectivity index (χ1v) is 9.58. The number of carbonyl (C=O) groups is 1. The molecule has 0 aliphatic carbocycles. The van der Waals surface area contributed by atoms with Crippen LogP contribution in [0.25, 0.3) is 0 Å². The van der Waals surface area contributed by atoms with Crippen molar-refractivity contribution in [2.24, 2.45) is 4.99 Å². The number of piperazine rings is 1. The zero-order chi connectivity index (χ0) is 18.9. The maximum Gasteiger partial charge on any atom is 0.219 e. The number of hydrogen-bond acceptors (Lipinski definition) is 3. The van der Waals surface area contributed by atoms with E-state index in [2.05, 4.69) is 60.3 Å². The van der Waals surface area contributed by atoms with Crippen molar-refractivity contribution in [3.8, 4) is 0 Å². The molecule has 0 unspecified atom stereocenters. The summed E-state index contributed by atoms with van der Waals surface area (Å²) in [5.74, 6) is 1.09. The lowest BCUT2D eigenvalue weighted by Gasteiger charge is -2.36. The minimum atomic E-state index is 0. The molecule has 0 saturated carbocycles. The predicted octanol–water partition coefficient (Wildman–Crippen LogP) is 2.39. The van der Waals surface area contributed by atoms with Gasteiger partial charge in [-0.05, 0) is 31.6 Å². The van der Waals surface area contributed by atoms with Gasteiger partial charge in [0, 0.05) is 46.2 Å². The average Bonchev–Trinajstić information content (AvgIpc) is 2.65. The van der Waals surface area contributed by atoms with E-state index in [1.165, 1.54) is 11.1 Å². The minimum Gasteiger partial charge on any atom is -0.357 e. The number of nitrogens with zero attached hydrogens (tertiary/aromatic N) is 4. The van der Waals surface area contributed by atoms with Crippen molar-refractivity contribution in [2.75, 3.05) is 46.3 Å². The summed E-state index contributed by atoms with van der Waals surface area (Å²) in [5, 5.41) is 3.39. The molecule has 1 aliphatic rings. The molecule has 1 fully saturated rings. The monoisotopic (exact) mass is 487 g/mol. The molecule has 0 radical (unpaired) electrons. The van der Waals surface area contributed by atoms with Crippen LogP contribution in [0.2, 0.25) is 0 Å². The molecule has 0 atom stereocenters. The molecule has 1 heterocycles. The Kier molecular flexibility index (Phi) is 10.7. The van der Waals surface area contributed by atoms with Gasteiger partial charge in [-0.15, -0.1) is 24.0 Å². The molecule has 6 nitrogen and oxygen atoms in total. The standard InChI is InChI=1S/C20H33N5O.HI/c1-5-21-20(25-12-10-24(11-13-25)17(3)26)22-15-18-8-7-9-19(14-18)16-23(4)6-2;/h7-9,14H,5-6,10-13,15-16H2,1-4H3,(H,21,22);1H. The maximum atomic E-state index is 11.5. The third-order valence-corrected chi connectivity index (χ3v) is 4.75. The molecule has 1 aromatic rings. The largest absolute Gasteiger partial charge is 0.357 e. The normalized spacial score (nSPS) is 14.9. The van der Waals surface area contributed by atoms with Crippen LogP contribution in [0.3, 0.4) is 0 Å². The molecule has 1 aromatic carbocycles. The average molecular weight is 487 g/mol. The molecule has 1 saturated heterocycles. The third-order valence-electron chi connectivity index (χ3n) is 4.75. The molecule has 27 heavy (non-hydrogen) atoms. The van der Waals surface area contributed by atoms with Crippen LogP contribution in [0.1, 0.15) is 31.9 Å². The topological polar surface area (TPSA) is 51.2 Å². The van der Waals surface area contributed by atoms with E-state index in [0.717, 1.165) is 51.8 Å². The molecule has 1 aliphatic heterocycles. The number of amides is 1. The molecule has 2 rings (SSSR count). The number of carbonyl (C=O) groups excluding carboxylic acids is 1. The van der Waals surface area contributed by atoms with Crippen LogP contribution >= 0.6 is 24.0 Å². The van der Waals surface area contributed by atoms with Crippen LogP contribution in [0.4, 0.5) is 0 Å². The molecule has 0 spiro atoms. The Morgan fingerprint density at radius 3 is 2.37 bits per heavy atom. The van der Waals surface area contributed by atoms with Crippen molar-refractivity contribution in [3.63, 3.8) is 0 Å². The van der Waals surface area contributed by atoms with Crippen molar-refractivity contribution in [1.82, 2.24) is 20.0 Å². The summed E-state index contributed by atoms with van der Waals surface area (Å²) in [7, 11) is 2.13. The Hall–Kier alpha value is -1.35. The number of aliphatic imine (C=N–C) groups is 1. The SMILES string of the molecule is CCNC(=NCc1cccc(CN(C)CC)c1)N1CCN(C(C)=O)CC1.I. The van der Waals surface area contributed by atoms with Gasteiger partial charge in [-0.3, -0.25) is 4.79 Å². The van der Waals surface area contributed by atoms with Crippen LogP contribution in [-0.4, -0.2) is 72.9 Å². The molecule has 152 valence electrons. The van der Waals surface area contributed by atoms with Crippen molar-refractivity contribution in [2.45, 2.75) is 33.9 Å². The number of guanidine groups is 1. The lowest BCUT2D eigenvalue weighted by Crippen LogP contribution is -2.53. The van der Waals surface area contributed by atoms with Crippen LogP contribution in [0, 0.1) is 0 Å². The van der Waals surface area contributed by atoms with E-state index < -0.39 is 0 Å². The molecule has 7 heteroatoms. The van der Waals surface area contributed by atoms with E-state index in [-0.39, 0.29) is 29.9 Å². The Bertz CT molecular complexity index is 614. The number of rotatable bonds is 6. The highest BCUT2D eigenvalue weighted by Crippen LogP contribution is 2.10. The fourth-order valence-electron chi connectivity index (χ4n) is 3.07. The first-order valence-electron chi connectivity index (χ1n) is 9.58. The van der Waals surface area contributed by atoms with Gasteiger partial charge in [0.05, 0.1) is 6.54 Å². The molecular formula is C20H34IN5O. The van der Waals surface area contributed by atoms with E-state index in [9.17, 15) is 4.79 Å². The highest BCUT2D eigenvalue weighted by atomic mass is 127. The molecular weight excluding hydrogens is 453 g/mol. The number of benzene rings is 1. The minimum absolute atomic E-state index is 0. The van der Waals surface area contributed by atoms with Crippen LogP contribution in [0.15, 0.2) is 29.3 Å². The maximum absolute atomic E-state index is 11.5. The van der Waals surface area contributed by atoms with Crippen LogP contribution < -0.4 is 5.32 Å². The molecule has 0 bridgehead atoms. The van der Waals surface area contributed by atoms with Crippen molar-refractivity contribution in [1.29, 1.82) is 0 Å². The fourth-order valence-corrected chi connectivity index (χ4v) is 3.07. The smallest absolute Gasteiger partial charge is 0.219 e. The summed E-state index contributed by atoms with van der Waals surface area (Å²) >= 11 is 0. The van der Waals surface area contributed by atoms with Crippen molar-refractivity contribution < 1.29 is 4.79 Å². The Labute approximate surface area is 181 Å². The van der Waals surface area contributed by atoms with Crippen LogP contribution in [0.5, 0.6) is 0 Å². The Balaban J connectivity index is 0.00000364. The van der Waals surface area contributed by atoms with E-state index in [1.54, 1.807) is 6.92 Å². The second kappa shape index (κ2) is 12.2. The van der Waals surface area contributed by atoms with Crippen molar-refractivity contribution >= 4 is 35.8 Å². The molecule has 0 aromatic heterocycles. The van der Waals surface area contributed by atoms with E-state index in [4.69, 9.17) is 4.99 Å². The van der Waals surface area contributed by atoms with Gasteiger partial charge in [0.2, 0.25) is 5.91 Å². The van der Waals surface area contributed by atoms with E-state index in [0.29, 0.717) is 6.54 Å². The van der Waals surface area contributed by atoms with E-state index in [1.807, 2.05) is 4.90 Å². The number of hydrogen-bond donors (Lipinski definition) is 1. The second-order valence-corrected chi connectivity index (χ2v) is 6.81. The number of nitrogens with one attached hydrogen (secondary N) is 1. The third kappa shape index (κ3) is 7.65. The predicted molar refractivity (Wildman–Crippen MR) is 123 cm³/mol. The van der Waals surface area contributed by atoms with Crippen molar-refractivity contribution in [3.05, 3.63) is 35.4 Å². The first kappa shape index (κ1) is 23.7. The van der Waals surface area contributed by atoms with Gasteiger partial charge in [-0.2, -0.15) is 0 Å². The summed E-state index contributed by atoms with van der Waals surface area (Å²) in [4.78, 5) is 22.8. The quantitative estimate of drug-likeness (QED) is 0.381. The zero-order valence-corrected chi connectivity index (χ0v) is 19.4. The Morgan fingerprint density at radius 1 is 1.15 bits per heavy atom. The Morgan fingerprint density at radius 2 is 1.78 bits per heavy atom. The van der Waals surface area contributed by atoms with Gasteiger partial charge in [-0.1, -0.05) is 31.2 Å². The lowest BCUT2D eigenvalue weighted by atomic mass is 10.1. The first-order chi connectivity index (χ1) is 12.5. The second-order valence-electron chi connectivity index (χ2n) is 6.81.